The van der Waals surface area contributed by atoms with E-state index in [9.17, 15) is 23.6 Å². The highest BCUT2D eigenvalue weighted by Crippen LogP contribution is 2.31. The first-order valence-corrected chi connectivity index (χ1v) is 10.7. The molecular formula is C17H26N3O6S+. The molecule has 0 amide bonds. The lowest BCUT2D eigenvalue weighted by molar-refractivity contribution is -0.890. The average molecular weight is 400 g/mol. The van der Waals surface area contributed by atoms with Crippen molar-refractivity contribution in [3.8, 4) is 5.75 Å². The molecule has 2 aliphatic rings. The van der Waals surface area contributed by atoms with Crippen molar-refractivity contribution < 1.29 is 28.1 Å². The molecule has 2 N–H and O–H groups in total. The quantitative estimate of drug-likeness (QED) is 0.461. The number of nitrogens with one attached hydrogen (secondary N) is 1. The zero-order chi connectivity index (χ0) is 19.4. The molecule has 0 spiro atoms. The van der Waals surface area contributed by atoms with Gasteiger partial charge in [0.2, 0.25) is 10.0 Å². The van der Waals surface area contributed by atoms with Crippen molar-refractivity contribution in [1.29, 1.82) is 0 Å². The second-order valence-corrected chi connectivity index (χ2v) is 9.06. The van der Waals surface area contributed by atoms with E-state index in [2.05, 4.69) is 0 Å². The number of benzene rings is 1. The van der Waals surface area contributed by atoms with E-state index in [0.717, 1.165) is 44.8 Å². The monoisotopic (exact) mass is 400 g/mol. The maximum atomic E-state index is 12.6. The van der Waals surface area contributed by atoms with Crippen molar-refractivity contribution in [3.05, 3.63) is 28.3 Å². The van der Waals surface area contributed by atoms with Crippen LogP contribution >= 0.6 is 0 Å². The van der Waals surface area contributed by atoms with E-state index in [-0.39, 0.29) is 17.3 Å². The Hall–Kier alpha value is -1.75. The minimum absolute atomic E-state index is 0.0316. The van der Waals surface area contributed by atoms with Gasteiger partial charge in [-0.2, -0.15) is 4.31 Å². The number of nitrogens with zero attached hydrogens (tertiary/aromatic N) is 2. The summed E-state index contributed by atoms with van der Waals surface area (Å²) in [6.45, 7) is 3.36. The Kier molecular flexibility index (Phi) is 6.30. The summed E-state index contributed by atoms with van der Waals surface area (Å²) in [6.07, 6.45) is 3.13. The summed E-state index contributed by atoms with van der Waals surface area (Å²) in [7, 11) is -3.74. The van der Waals surface area contributed by atoms with E-state index in [4.69, 9.17) is 4.74 Å². The van der Waals surface area contributed by atoms with Crippen molar-refractivity contribution in [1.82, 2.24) is 4.31 Å². The van der Waals surface area contributed by atoms with Crippen molar-refractivity contribution >= 4 is 15.7 Å². The van der Waals surface area contributed by atoms with Gasteiger partial charge >= 0.3 is 5.69 Å². The van der Waals surface area contributed by atoms with Crippen LogP contribution in [0, 0.1) is 10.1 Å². The number of quaternary nitrogens is 1. The van der Waals surface area contributed by atoms with Gasteiger partial charge in [0.1, 0.15) is 19.3 Å². The molecule has 2 aliphatic heterocycles. The molecule has 0 aromatic heterocycles. The lowest BCUT2D eigenvalue weighted by Gasteiger charge is -2.18. The van der Waals surface area contributed by atoms with Crippen LogP contribution in [0.5, 0.6) is 5.75 Å². The number of nitro groups is 1. The number of rotatable bonds is 8. The summed E-state index contributed by atoms with van der Waals surface area (Å²) in [5.74, 6) is -0.0316. The number of hydrogen-bond donors (Lipinski definition) is 2. The fraction of sp³-hybridized carbons (Fsp3) is 0.647. The first kappa shape index (κ1) is 20.0. The molecule has 0 unspecified atom stereocenters. The minimum atomic E-state index is -3.74. The van der Waals surface area contributed by atoms with Crippen LogP contribution in [0.4, 0.5) is 5.69 Å². The van der Waals surface area contributed by atoms with Gasteiger partial charge in [0.25, 0.3) is 0 Å². The molecule has 1 aromatic carbocycles. The van der Waals surface area contributed by atoms with Crippen molar-refractivity contribution in [3.63, 3.8) is 0 Å². The highest BCUT2D eigenvalue weighted by Gasteiger charge is 2.30. The molecule has 10 heteroatoms. The standard InChI is InChI=1S/C17H25N3O6S/c21-14(12-18-7-1-2-8-18)13-26-17-6-5-15(11-16(17)20(22)23)27(24,25)19-9-3-4-10-19/h5-6,11,14,21H,1-4,7-10,12-13H2/p+1/t14-/m1/s1. The first-order valence-electron chi connectivity index (χ1n) is 9.31. The number of aliphatic hydroxyl groups is 1. The van der Waals surface area contributed by atoms with Crippen LogP contribution in [0.2, 0.25) is 0 Å². The summed E-state index contributed by atoms with van der Waals surface area (Å²) >= 11 is 0. The molecule has 9 nitrogen and oxygen atoms in total. The van der Waals surface area contributed by atoms with Gasteiger partial charge in [0.15, 0.2) is 5.75 Å². The predicted molar refractivity (Wildman–Crippen MR) is 97.4 cm³/mol. The SMILES string of the molecule is O=[N+]([O-])c1cc(S(=O)(=O)N2CCCC2)ccc1OC[C@H](O)C[NH+]1CCCC1. The molecule has 150 valence electrons. The van der Waals surface area contributed by atoms with Gasteiger partial charge in [-0.1, -0.05) is 0 Å². The smallest absolute Gasteiger partial charge is 0.312 e. The summed E-state index contributed by atoms with van der Waals surface area (Å²) in [4.78, 5) is 11.9. The zero-order valence-corrected chi connectivity index (χ0v) is 16.0. The van der Waals surface area contributed by atoms with E-state index in [0.29, 0.717) is 19.6 Å². The van der Waals surface area contributed by atoms with Crippen molar-refractivity contribution in [2.24, 2.45) is 0 Å². The Morgan fingerprint density at radius 2 is 1.89 bits per heavy atom. The molecule has 1 atom stereocenters. The second kappa shape index (κ2) is 8.51. The molecule has 3 rings (SSSR count). The lowest BCUT2D eigenvalue weighted by atomic mass is 10.3. The Morgan fingerprint density at radius 3 is 2.52 bits per heavy atom. The van der Waals surface area contributed by atoms with E-state index >= 15 is 0 Å². The molecule has 27 heavy (non-hydrogen) atoms. The highest BCUT2D eigenvalue weighted by atomic mass is 32.2. The molecular weight excluding hydrogens is 374 g/mol. The van der Waals surface area contributed by atoms with Gasteiger partial charge in [-0.15, -0.1) is 0 Å². The second-order valence-electron chi connectivity index (χ2n) is 7.12. The van der Waals surface area contributed by atoms with Gasteiger partial charge in [-0.25, -0.2) is 8.42 Å². The van der Waals surface area contributed by atoms with E-state index in [1.165, 1.54) is 21.3 Å². The normalized spacial score (nSPS) is 20.0. The molecule has 0 radical (unpaired) electrons. The van der Waals surface area contributed by atoms with Crippen LogP contribution in [-0.2, 0) is 10.0 Å². The number of ether oxygens (including phenoxy) is 1. The van der Waals surface area contributed by atoms with Crippen LogP contribution in [0.25, 0.3) is 0 Å². The molecule has 2 fully saturated rings. The Labute approximate surface area is 158 Å². The summed E-state index contributed by atoms with van der Waals surface area (Å²) in [5.41, 5.74) is -0.406. The van der Waals surface area contributed by atoms with Crippen molar-refractivity contribution in [2.45, 2.75) is 36.7 Å². The minimum Gasteiger partial charge on any atom is -0.484 e. The number of likely N-dealkylation sites (tertiary alicyclic amines) is 1. The van der Waals surface area contributed by atoms with Crippen LogP contribution in [0.1, 0.15) is 25.7 Å². The number of nitro benzene ring substituents is 1. The number of hydrogen-bond acceptors (Lipinski definition) is 6. The fourth-order valence-corrected chi connectivity index (χ4v) is 5.19. The topological polar surface area (TPSA) is 114 Å². The Bertz CT molecular complexity index is 773. The molecule has 1 aromatic rings. The third-order valence-corrected chi connectivity index (χ3v) is 6.99. The molecule has 2 heterocycles. The van der Waals surface area contributed by atoms with Gasteiger partial charge in [0.05, 0.1) is 22.9 Å². The third kappa shape index (κ3) is 4.75. The van der Waals surface area contributed by atoms with Crippen LogP contribution < -0.4 is 9.64 Å². The van der Waals surface area contributed by atoms with Crippen LogP contribution in [0.15, 0.2) is 23.1 Å². The average Bonchev–Trinajstić information content (AvgIpc) is 3.33. The van der Waals surface area contributed by atoms with Crippen LogP contribution in [0.3, 0.4) is 0 Å². The van der Waals surface area contributed by atoms with Gasteiger partial charge < -0.3 is 14.7 Å². The predicted octanol–water partition coefficient (Wildman–Crippen LogP) is -0.202. The zero-order valence-electron chi connectivity index (χ0n) is 15.2. The Balaban J connectivity index is 1.71. The van der Waals surface area contributed by atoms with E-state index < -0.39 is 26.7 Å². The first-order chi connectivity index (χ1) is 12.9. The number of sulfonamides is 1. The Morgan fingerprint density at radius 1 is 1.22 bits per heavy atom. The third-order valence-electron chi connectivity index (χ3n) is 5.10. The summed E-state index contributed by atoms with van der Waals surface area (Å²) in [5, 5.41) is 21.5. The van der Waals surface area contributed by atoms with E-state index in [1.54, 1.807) is 0 Å². The van der Waals surface area contributed by atoms with E-state index in [1.807, 2.05) is 0 Å². The number of aliphatic hydroxyl groups excluding tert-OH is 1. The summed E-state index contributed by atoms with van der Waals surface area (Å²) in [6, 6.07) is 3.67. The molecule has 0 saturated carbocycles. The maximum absolute atomic E-state index is 12.6. The van der Waals surface area contributed by atoms with Gasteiger partial charge in [-0.05, 0) is 25.0 Å². The maximum Gasteiger partial charge on any atom is 0.312 e. The molecule has 2 saturated heterocycles. The van der Waals surface area contributed by atoms with Crippen molar-refractivity contribution in [2.75, 3.05) is 39.3 Å². The molecule has 0 aliphatic carbocycles. The lowest BCUT2D eigenvalue weighted by Crippen LogP contribution is -3.11. The largest absolute Gasteiger partial charge is 0.484 e. The highest BCUT2D eigenvalue weighted by molar-refractivity contribution is 7.89. The fourth-order valence-electron chi connectivity index (χ4n) is 3.66. The summed E-state index contributed by atoms with van der Waals surface area (Å²) < 4.78 is 32.0. The van der Waals surface area contributed by atoms with Crippen LogP contribution in [-0.4, -0.2) is 68.2 Å². The molecule has 0 bridgehead atoms. The van der Waals surface area contributed by atoms with Gasteiger partial charge in [-0.3, -0.25) is 10.1 Å². The van der Waals surface area contributed by atoms with Gasteiger partial charge in [0, 0.05) is 32.0 Å².